The molecule has 0 saturated carbocycles. The lowest BCUT2D eigenvalue weighted by Crippen LogP contribution is -2.11. The van der Waals surface area contributed by atoms with Gasteiger partial charge in [-0.2, -0.15) is 0 Å². The van der Waals surface area contributed by atoms with Gasteiger partial charge in [0.25, 0.3) is 5.91 Å². The molecule has 1 N–H and O–H groups in total. The number of nitrogens with one attached hydrogen (secondary N) is 1. The van der Waals surface area contributed by atoms with E-state index in [1.807, 2.05) is 12.1 Å². The van der Waals surface area contributed by atoms with Crippen LogP contribution in [0.15, 0.2) is 53.9 Å². The Bertz CT molecular complexity index is 927. The van der Waals surface area contributed by atoms with E-state index in [0.717, 1.165) is 23.8 Å². The van der Waals surface area contributed by atoms with E-state index in [4.69, 9.17) is 9.47 Å². The highest BCUT2D eigenvalue weighted by molar-refractivity contribution is 7.12. The van der Waals surface area contributed by atoms with E-state index in [1.54, 1.807) is 30.7 Å². The van der Waals surface area contributed by atoms with Crippen LogP contribution < -0.4 is 14.8 Å². The molecule has 0 aliphatic carbocycles. The van der Waals surface area contributed by atoms with Gasteiger partial charge >= 0.3 is 0 Å². The molecule has 3 aromatic rings. The first-order valence-electron chi connectivity index (χ1n) is 7.66. The highest BCUT2D eigenvalue weighted by Crippen LogP contribution is 2.23. The van der Waals surface area contributed by atoms with Gasteiger partial charge in [0.1, 0.15) is 29.7 Å². The average molecular weight is 375 g/mol. The first-order valence-corrected chi connectivity index (χ1v) is 8.54. The zero-order valence-electron chi connectivity index (χ0n) is 13.8. The number of ether oxygens (including phenoxy) is 2. The molecule has 1 amide bonds. The number of benzene rings is 2. The fourth-order valence-corrected chi connectivity index (χ4v) is 3.00. The molecular formula is C19H15F2NO3S. The van der Waals surface area contributed by atoms with Crippen molar-refractivity contribution in [3.8, 4) is 11.5 Å². The van der Waals surface area contributed by atoms with Crippen molar-refractivity contribution in [2.75, 3.05) is 12.4 Å². The topological polar surface area (TPSA) is 47.6 Å². The maximum Gasteiger partial charge on any atom is 0.265 e. The summed E-state index contributed by atoms with van der Waals surface area (Å²) in [4.78, 5) is 12.6. The number of thiophene rings is 1. The Morgan fingerprint density at radius 3 is 2.73 bits per heavy atom. The number of anilines is 1. The van der Waals surface area contributed by atoms with Crippen LogP contribution in [0.4, 0.5) is 14.5 Å². The number of amides is 1. The molecule has 2 aromatic carbocycles. The summed E-state index contributed by atoms with van der Waals surface area (Å²) >= 11 is 1.20. The lowest BCUT2D eigenvalue weighted by molar-refractivity contribution is 0.103. The number of hydrogen-bond donors (Lipinski definition) is 1. The number of halogens is 2. The average Bonchev–Trinajstić information content (AvgIpc) is 3.12. The molecule has 4 nitrogen and oxygen atoms in total. The molecule has 3 rings (SSSR count). The number of hydrogen-bond acceptors (Lipinski definition) is 4. The molecule has 1 aromatic heterocycles. The smallest absolute Gasteiger partial charge is 0.265 e. The fraction of sp³-hybridized carbons (Fsp3) is 0.105. The first kappa shape index (κ1) is 17.9. The fourth-order valence-electron chi connectivity index (χ4n) is 2.21. The molecule has 0 aliphatic heterocycles. The second-order valence-electron chi connectivity index (χ2n) is 5.37. The first-order chi connectivity index (χ1) is 12.5. The Morgan fingerprint density at radius 2 is 1.92 bits per heavy atom. The molecule has 26 heavy (non-hydrogen) atoms. The molecule has 0 bridgehead atoms. The summed E-state index contributed by atoms with van der Waals surface area (Å²) in [6.45, 7) is 0.269. The van der Waals surface area contributed by atoms with Gasteiger partial charge < -0.3 is 14.8 Å². The van der Waals surface area contributed by atoms with Gasteiger partial charge in [-0.1, -0.05) is 6.07 Å². The molecule has 1 heterocycles. The molecule has 0 atom stereocenters. The Kier molecular flexibility index (Phi) is 5.48. The second kappa shape index (κ2) is 7.97. The van der Waals surface area contributed by atoms with Gasteiger partial charge in [-0.3, -0.25) is 4.79 Å². The van der Waals surface area contributed by atoms with E-state index in [0.29, 0.717) is 16.4 Å². The minimum absolute atomic E-state index is 0.197. The zero-order chi connectivity index (χ0) is 18.5. The van der Waals surface area contributed by atoms with Crippen molar-refractivity contribution in [3.05, 3.63) is 76.0 Å². The quantitative estimate of drug-likeness (QED) is 0.669. The molecule has 134 valence electrons. The van der Waals surface area contributed by atoms with Crippen LogP contribution in [0.2, 0.25) is 0 Å². The largest absolute Gasteiger partial charge is 0.497 e. The number of rotatable bonds is 6. The van der Waals surface area contributed by atoms with Gasteiger partial charge in [-0.15, -0.1) is 11.3 Å². The third-order valence-electron chi connectivity index (χ3n) is 3.50. The lowest BCUT2D eigenvalue weighted by Gasteiger charge is -2.06. The maximum atomic E-state index is 13.6. The SMILES string of the molecule is COc1cccc(OCc2csc(C(=O)Nc3cc(F)ccc3F)c2)c1. The van der Waals surface area contributed by atoms with Gasteiger partial charge in [0.15, 0.2) is 0 Å². The maximum absolute atomic E-state index is 13.6. The van der Waals surface area contributed by atoms with Crippen LogP contribution in [-0.2, 0) is 6.61 Å². The van der Waals surface area contributed by atoms with Crippen LogP contribution in [0.25, 0.3) is 0 Å². The standard InChI is InChI=1S/C19H15F2NO3S/c1-24-14-3-2-4-15(9-14)25-10-12-7-18(26-11-12)19(23)22-17-8-13(20)5-6-16(17)21/h2-9,11H,10H2,1H3,(H,22,23). The molecule has 0 saturated heterocycles. The van der Waals surface area contributed by atoms with Gasteiger partial charge in [-0.25, -0.2) is 8.78 Å². The van der Waals surface area contributed by atoms with E-state index in [1.165, 1.54) is 11.3 Å². The highest BCUT2D eigenvalue weighted by Gasteiger charge is 2.13. The van der Waals surface area contributed by atoms with Crippen LogP contribution in [0.5, 0.6) is 11.5 Å². The molecular weight excluding hydrogens is 360 g/mol. The summed E-state index contributed by atoms with van der Waals surface area (Å²) in [6, 6.07) is 11.7. The van der Waals surface area contributed by atoms with Gasteiger partial charge in [0.05, 0.1) is 17.7 Å². The third-order valence-corrected chi connectivity index (χ3v) is 4.48. The molecule has 0 fully saturated rings. The third kappa shape index (κ3) is 4.37. The summed E-state index contributed by atoms with van der Waals surface area (Å²) in [5.41, 5.74) is 0.597. The van der Waals surface area contributed by atoms with Crippen molar-refractivity contribution in [2.24, 2.45) is 0 Å². The minimum Gasteiger partial charge on any atom is -0.497 e. The van der Waals surface area contributed by atoms with Crippen molar-refractivity contribution in [1.82, 2.24) is 0 Å². The van der Waals surface area contributed by atoms with Crippen LogP contribution >= 0.6 is 11.3 Å². The summed E-state index contributed by atoms with van der Waals surface area (Å²) in [5, 5.41) is 4.14. The van der Waals surface area contributed by atoms with Crippen molar-refractivity contribution in [3.63, 3.8) is 0 Å². The van der Waals surface area contributed by atoms with Crippen LogP contribution in [0.1, 0.15) is 15.2 Å². The van der Waals surface area contributed by atoms with Crippen LogP contribution in [-0.4, -0.2) is 13.0 Å². The molecule has 7 heteroatoms. The van der Waals surface area contributed by atoms with Crippen molar-refractivity contribution >= 4 is 22.9 Å². The monoisotopic (exact) mass is 375 g/mol. The summed E-state index contributed by atoms with van der Waals surface area (Å²) in [6.07, 6.45) is 0. The molecule has 0 aliphatic rings. The predicted molar refractivity (Wildman–Crippen MR) is 96.0 cm³/mol. The minimum atomic E-state index is -0.696. The summed E-state index contributed by atoms with van der Waals surface area (Å²) in [7, 11) is 1.57. The predicted octanol–water partition coefficient (Wildman–Crippen LogP) is 4.87. The van der Waals surface area contributed by atoms with Crippen molar-refractivity contribution in [2.45, 2.75) is 6.61 Å². The highest BCUT2D eigenvalue weighted by atomic mass is 32.1. The van der Waals surface area contributed by atoms with E-state index in [9.17, 15) is 13.6 Å². The lowest BCUT2D eigenvalue weighted by atomic mass is 10.2. The number of methoxy groups -OCH3 is 1. The van der Waals surface area contributed by atoms with E-state index in [2.05, 4.69) is 5.32 Å². The number of carbonyl (C=O) groups is 1. The summed E-state index contributed by atoms with van der Waals surface area (Å²) < 4.78 is 37.6. The van der Waals surface area contributed by atoms with E-state index < -0.39 is 17.5 Å². The molecule has 0 spiro atoms. The Labute approximate surface area is 153 Å². The second-order valence-corrected chi connectivity index (χ2v) is 6.28. The van der Waals surface area contributed by atoms with E-state index in [-0.39, 0.29) is 12.3 Å². The zero-order valence-corrected chi connectivity index (χ0v) is 14.6. The molecule has 0 unspecified atom stereocenters. The van der Waals surface area contributed by atoms with Crippen LogP contribution in [0.3, 0.4) is 0 Å². The summed E-state index contributed by atoms with van der Waals surface area (Å²) in [5.74, 6) is -0.501. The van der Waals surface area contributed by atoms with Crippen molar-refractivity contribution < 1.29 is 23.0 Å². The van der Waals surface area contributed by atoms with Crippen LogP contribution in [0, 0.1) is 11.6 Å². The van der Waals surface area contributed by atoms with Crippen molar-refractivity contribution in [1.29, 1.82) is 0 Å². The Balaban J connectivity index is 1.63. The molecule has 0 radical (unpaired) electrons. The Hall–Kier alpha value is -2.93. The van der Waals surface area contributed by atoms with E-state index >= 15 is 0 Å². The Morgan fingerprint density at radius 1 is 1.12 bits per heavy atom. The van der Waals surface area contributed by atoms with Gasteiger partial charge in [-0.05, 0) is 35.7 Å². The normalized spacial score (nSPS) is 10.4. The number of carbonyl (C=O) groups excluding carboxylic acids is 1. The van der Waals surface area contributed by atoms with Gasteiger partial charge in [0, 0.05) is 17.7 Å². The van der Waals surface area contributed by atoms with Gasteiger partial charge in [0.2, 0.25) is 0 Å².